The normalized spacial score (nSPS) is 33.0. The Kier molecular flexibility index (Phi) is 3.75. The largest absolute Gasteiger partial charge is 0.465 e. The first-order chi connectivity index (χ1) is 6.50. The van der Waals surface area contributed by atoms with E-state index in [0.29, 0.717) is 11.8 Å². The first kappa shape index (κ1) is 11.3. The molecule has 0 saturated heterocycles. The summed E-state index contributed by atoms with van der Waals surface area (Å²) < 4.78 is 0. The SMILES string of the molecule is CC(C)[C@@H]1CC(NC(=O)O)CC[C@@H]1N. The smallest absolute Gasteiger partial charge is 0.404 e. The molecule has 0 aromatic heterocycles. The molecule has 1 aliphatic rings. The van der Waals surface area contributed by atoms with Crippen molar-refractivity contribution in [1.82, 2.24) is 5.32 Å². The van der Waals surface area contributed by atoms with Gasteiger partial charge in [0.1, 0.15) is 0 Å². The average molecular weight is 200 g/mol. The molecule has 1 aliphatic carbocycles. The van der Waals surface area contributed by atoms with Gasteiger partial charge >= 0.3 is 6.09 Å². The summed E-state index contributed by atoms with van der Waals surface area (Å²) in [5.74, 6) is 0.976. The molecule has 0 aromatic carbocycles. The first-order valence-electron chi connectivity index (χ1n) is 5.25. The maximum atomic E-state index is 10.5. The third-order valence-corrected chi connectivity index (χ3v) is 3.14. The summed E-state index contributed by atoms with van der Waals surface area (Å²) in [5.41, 5.74) is 6.00. The highest BCUT2D eigenvalue weighted by Crippen LogP contribution is 2.29. The van der Waals surface area contributed by atoms with E-state index in [1.807, 2.05) is 0 Å². The van der Waals surface area contributed by atoms with Crippen molar-refractivity contribution >= 4 is 6.09 Å². The molecular formula is C10H20N2O2. The van der Waals surface area contributed by atoms with Crippen LogP contribution in [0, 0.1) is 11.8 Å². The van der Waals surface area contributed by atoms with Gasteiger partial charge in [-0.15, -0.1) is 0 Å². The molecule has 1 saturated carbocycles. The van der Waals surface area contributed by atoms with Crippen molar-refractivity contribution in [3.8, 4) is 0 Å². The summed E-state index contributed by atoms with van der Waals surface area (Å²) in [5, 5.41) is 11.2. The van der Waals surface area contributed by atoms with Gasteiger partial charge in [-0.2, -0.15) is 0 Å². The molecule has 1 rings (SSSR count). The lowest BCUT2D eigenvalue weighted by molar-refractivity contribution is 0.167. The Morgan fingerprint density at radius 1 is 1.50 bits per heavy atom. The lowest BCUT2D eigenvalue weighted by Crippen LogP contribution is -2.46. The summed E-state index contributed by atoms with van der Waals surface area (Å²) in [6.07, 6.45) is 1.75. The van der Waals surface area contributed by atoms with Crippen molar-refractivity contribution in [3.05, 3.63) is 0 Å². The minimum atomic E-state index is -0.923. The number of hydrogen-bond donors (Lipinski definition) is 3. The zero-order valence-corrected chi connectivity index (χ0v) is 8.86. The molecule has 0 bridgehead atoms. The second kappa shape index (κ2) is 4.64. The van der Waals surface area contributed by atoms with E-state index in [0.717, 1.165) is 19.3 Å². The summed E-state index contributed by atoms with van der Waals surface area (Å²) in [6.45, 7) is 4.29. The topological polar surface area (TPSA) is 75.3 Å². The molecule has 4 heteroatoms. The van der Waals surface area contributed by atoms with Crippen LogP contribution in [-0.4, -0.2) is 23.3 Å². The Labute approximate surface area is 84.9 Å². The Bertz CT molecular complexity index is 206. The molecule has 0 heterocycles. The van der Waals surface area contributed by atoms with E-state index in [1.165, 1.54) is 0 Å². The van der Waals surface area contributed by atoms with Crippen LogP contribution in [0.25, 0.3) is 0 Å². The Balaban J connectivity index is 2.48. The Morgan fingerprint density at radius 3 is 2.64 bits per heavy atom. The third kappa shape index (κ3) is 2.87. The van der Waals surface area contributed by atoms with Gasteiger partial charge in [-0.05, 0) is 31.1 Å². The van der Waals surface area contributed by atoms with E-state index < -0.39 is 6.09 Å². The molecule has 0 spiro atoms. The molecule has 82 valence electrons. The number of rotatable bonds is 2. The van der Waals surface area contributed by atoms with Crippen molar-refractivity contribution in [2.45, 2.75) is 45.2 Å². The maximum absolute atomic E-state index is 10.5. The number of amides is 1. The van der Waals surface area contributed by atoms with Crippen molar-refractivity contribution in [3.63, 3.8) is 0 Å². The number of nitrogens with one attached hydrogen (secondary N) is 1. The highest BCUT2D eigenvalue weighted by Gasteiger charge is 2.30. The zero-order valence-electron chi connectivity index (χ0n) is 8.86. The number of nitrogens with two attached hydrogens (primary N) is 1. The zero-order chi connectivity index (χ0) is 10.7. The average Bonchev–Trinajstić information content (AvgIpc) is 2.07. The van der Waals surface area contributed by atoms with Gasteiger partial charge in [-0.25, -0.2) is 4.79 Å². The minimum Gasteiger partial charge on any atom is -0.465 e. The Hall–Kier alpha value is -0.770. The summed E-state index contributed by atoms with van der Waals surface area (Å²) in [4.78, 5) is 10.5. The lowest BCUT2D eigenvalue weighted by Gasteiger charge is -2.36. The van der Waals surface area contributed by atoms with E-state index in [1.54, 1.807) is 0 Å². The molecule has 0 aliphatic heterocycles. The van der Waals surface area contributed by atoms with Gasteiger partial charge in [-0.3, -0.25) is 0 Å². The quantitative estimate of drug-likeness (QED) is 0.630. The number of carbonyl (C=O) groups is 1. The predicted octanol–water partition coefficient (Wildman–Crippen LogP) is 1.41. The van der Waals surface area contributed by atoms with E-state index in [9.17, 15) is 4.79 Å². The molecule has 14 heavy (non-hydrogen) atoms. The van der Waals surface area contributed by atoms with Gasteiger partial charge in [0.15, 0.2) is 0 Å². The lowest BCUT2D eigenvalue weighted by atomic mass is 9.76. The Morgan fingerprint density at radius 2 is 2.14 bits per heavy atom. The maximum Gasteiger partial charge on any atom is 0.404 e. The van der Waals surface area contributed by atoms with Gasteiger partial charge in [0.25, 0.3) is 0 Å². The summed E-state index contributed by atoms with van der Waals surface area (Å²) in [6, 6.07) is 0.335. The van der Waals surface area contributed by atoms with Gasteiger partial charge in [0, 0.05) is 12.1 Å². The highest BCUT2D eigenvalue weighted by molar-refractivity contribution is 5.64. The second-order valence-electron chi connectivity index (χ2n) is 4.53. The van der Waals surface area contributed by atoms with Crippen molar-refractivity contribution in [1.29, 1.82) is 0 Å². The fourth-order valence-corrected chi connectivity index (χ4v) is 2.30. The van der Waals surface area contributed by atoms with E-state index in [-0.39, 0.29) is 12.1 Å². The van der Waals surface area contributed by atoms with Crippen LogP contribution in [-0.2, 0) is 0 Å². The number of carboxylic acid groups (broad SMARTS) is 1. The molecule has 4 N–H and O–H groups in total. The van der Waals surface area contributed by atoms with E-state index >= 15 is 0 Å². The molecule has 0 radical (unpaired) electrons. The fourth-order valence-electron chi connectivity index (χ4n) is 2.30. The van der Waals surface area contributed by atoms with E-state index in [4.69, 9.17) is 10.8 Å². The van der Waals surface area contributed by atoms with Crippen LogP contribution in [0.2, 0.25) is 0 Å². The second-order valence-corrected chi connectivity index (χ2v) is 4.53. The standard InChI is InChI=1S/C10H20N2O2/c1-6(2)8-5-7(12-10(13)14)3-4-9(8)11/h6-9,12H,3-5,11H2,1-2H3,(H,13,14)/t7?,8-,9-/m0/s1. The molecule has 1 fully saturated rings. The van der Waals surface area contributed by atoms with Crippen molar-refractivity contribution in [2.24, 2.45) is 17.6 Å². The van der Waals surface area contributed by atoms with E-state index in [2.05, 4.69) is 19.2 Å². The van der Waals surface area contributed by atoms with Gasteiger partial charge in [-0.1, -0.05) is 13.8 Å². The van der Waals surface area contributed by atoms with Gasteiger partial charge in [0.05, 0.1) is 0 Å². The summed E-state index contributed by atoms with van der Waals surface area (Å²) >= 11 is 0. The van der Waals surface area contributed by atoms with Crippen LogP contribution in [0.1, 0.15) is 33.1 Å². The first-order valence-corrected chi connectivity index (χ1v) is 5.25. The predicted molar refractivity (Wildman–Crippen MR) is 55.1 cm³/mol. The molecule has 4 nitrogen and oxygen atoms in total. The monoisotopic (exact) mass is 200 g/mol. The minimum absolute atomic E-state index is 0.0969. The number of hydrogen-bond acceptors (Lipinski definition) is 2. The van der Waals surface area contributed by atoms with Crippen LogP contribution in [0.15, 0.2) is 0 Å². The molecule has 0 aromatic rings. The molecule has 1 amide bonds. The van der Waals surface area contributed by atoms with Gasteiger partial charge in [0.2, 0.25) is 0 Å². The molecule has 3 atom stereocenters. The molecular weight excluding hydrogens is 180 g/mol. The third-order valence-electron chi connectivity index (χ3n) is 3.14. The van der Waals surface area contributed by atoms with Crippen molar-refractivity contribution < 1.29 is 9.90 Å². The highest BCUT2D eigenvalue weighted by atomic mass is 16.4. The molecule has 1 unspecified atom stereocenters. The van der Waals surface area contributed by atoms with Crippen molar-refractivity contribution in [2.75, 3.05) is 0 Å². The summed E-state index contributed by atoms with van der Waals surface area (Å²) in [7, 11) is 0. The van der Waals surface area contributed by atoms with Crippen LogP contribution in [0.3, 0.4) is 0 Å². The fraction of sp³-hybridized carbons (Fsp3) is 0.900. The van der Waals surface area contributed by atoms with Crippen LogP contribution < -0.4 is 11.1 Å². The van der Waals surface area contributed by atoms with Crippen LogP contribution in [0.4, 0.5) is 4.79 Å². The van der Waals surface area contributed by atoms with Gasteiger partial charge < -0.3 is 16.2 Å². The van der Waals surface area contributed by atoms with Crippen LogP contribution in [0.5, 0.6) is 0 Å². The van der Waals surface area contributed by atoms with Crippen LogP contribution >= 0.6 is 0 Å².